The second-order valence-corrected chi connectivity index (χ2v) is 6.74. The molecule has 0 saturated heterocycles. The molecule has 1 fully saturated rings. The minimum absolute atomic E-state index is 0.256. The van der Waals surface area contributed by atoms with Gasteiger partial charge < -0.3 is 10.2 Å². The molecule has 7 heteroatoms. The lowest BCUT2D eigenvalue weighted by atomic mass is 9.95. The lowest BCUT2D eigenvalue weighted by Crippen LogP contribution is -2.30. The van der Waals surface area contributed by atoms with Crippen LogP contribution in [-0.4, -0.2) is 45.6 Å². The molecule has 0 amide bonds. The molecule has 21 heavy (non-hydrogen) atoms. The third-order valence-electron chi connectivity index (χ3n) is 3.94. The molecule has 0 aliphatic heterocycles. The molecule has 2 unspecified atom stereocenters. The van der Waals surface area contributed by atoms with Crippen molar-refractivity contribution in [2.45, 2.75) is 50.8 Å². The van der Waals surface area contributed by atoms with Crippen molar-refractivity contribution < 1.29 is 0 Å². The van der Waals surface area contributed by atoms with Crippen molar-refractivity contribution in [3.8, 4) is 0 Å². The quantitative estimate of drug-likeness (QED) is 0.862. The summed E-state index contributed by atoms with van der Waals surface area (Å²) in [6.07, 6.45) is 7.07. The number of hydrogen-bond donors (Lipinski definition) is 1. The summed E-state index contributed by atoms with van der Waals surface area (Å²) in [5.74, 6) is 1.25. The van der Waals surface area contributed by atoms with Crippen molar-refractivity contribution in [3.63, 3.8) is 0 Å². The first-order valence-electron chi connectivity index (χ1n) is 7.62. The topological polar surface area (TPSA) is 53.9 Å². The first kappa shape index (κ1) is 16.6. The van der Waals surface area contributed by atoms with Gasteiger partial charge in [0.15, 0.2) is 0 Å². The van der Waals surface area contributed by atoms with Crippen LogP contribution < -0.4 is 10.2 Å². The van der Waals surface area contributed by atoms with Gasteiger partial charge in [0.25, 0.3) is 0 Å². The second-order valence-electron chi connectivity index (χ2n) is 5.27. The standard InChI is InChI=1S/C14H24ClN5S/c1-4-20(5-2)14-18-12(15)17-13(19-14)16-10-7-6-8-11(9-10)21-3/h10-11H,4-9H2,1-3H3,(H,16,17,18,19). The third-order valence-corrected chi connectivity index (χ3v) is 5.20. The first-order valence-corrected chi connectivity index (χ1v) is 9.28. The average molecular weight is 330 g/mol. The van der Waals surface area contributed by atoms with E-state index in [-0.39, 0.29) is 5.28 Å². The molecule has 118 valence electrons. The van der Waals surface area contributed by atoms with Crippen LogP contribution in [0.2, 0.25) is 5.28 Å². The van der Waals surface area contributed by atoms with Crippen LogP contribution in [0.25, 0.3) is 0 Å². The Bertz CT molecular complexity index is 455. The fraction of sp³-hybridized carbons (Fsp3) is 0.786. The Kier molecular flexibility index (Phi) is 6.36. The number of rotatable bonds is 6. The summed E-state index contributed by atoms with van der Waals surface area (Å²) in [6, 6.07) is 0.430. The average Bonchev–Trinajstić information content (AvgIpc) is 2.48. The second kappa shape index (κ2) is 8.03. The Morgan fingerprint density at radius 2 is 2.00 bits per heavy atom. The maximum atomic E-state index is 6.05. The molecule has 2 rings (SSSR count). The van der Waals surface area contributed by atoms with Gasteiger partial charge in [-0.25, -0.2) is 0 Å². The Hall–Kier alpha value is -0.750. The molecule has 1 aromatic rings. The van der Waals surface area contributed by atoms with Crippen LogP contribution in [0.1, 0.15) is 39.5 Å². The number of halogens is 1. The van der Waals surface area contributed by atoms with E-state index in [2.05, 4.69) is 45.3 Å². The number of hydrogen-bond acceptors (Lipinski definition) is 6. The molecule has 0 radical (unpaired) electrons. The molecule has 2 atom stereocenters. The van der Waals surface area contributed by atoms with Crippen molar-refractivity contribution in [1.29, 1.82) is 0 Å². The zero-order valence-electron chi connectivity index (χ0n) is 13.0. The van der Waals surface area contributed by atoms with Gasteiger partial charge in [-0.2, -0.15) is 26.7 Å². The molecule has 1 saturated carbocycles. The number of thioether (sulfide) groups is 1. The van der Waals surface area contributed by atoms with Crippen LogP contribution >= 0.6 is 23.4 Å². The lowest BCUT2D eigenvalue weighted by molar-refractivity contribution is 0.471. The minimum atomic E-state index is 0.256. The summed E-state index contributed by atoms with van der Waals surface area (Å²) in [5, 5.41) is 4.43. The molecule has 0 bridgehead atoms. The number of nitrogens with one attached hydrogen (secondary N) is 1. The largest absolute Gasteiger partial charge is 0.351 e. The maximum absolute atomic E-state index is 6.05. The van der Waals surface area contributed by atoms with Gasteiger partial charge in [0.05, 0.1) is 0 Å². The van der Waals surface area contributed by atoms with Crippen molar-refractivity contribution in [2.24, 2.45) is 0 Å². The van der Waals surface area contributed by atoms with Crippen molar-refractivity contribution in [1.82, 2.24) is 15.0 Å². The molecule has 1 N–H and O–H groups in total. The van der Waals surface area contributed by atoms with Gasteiger partial charge in [-0.3, -0.25) is 0 Å². The molecule has 1 aromatic heterocycles. The van der Waals surface area contributed by atoms with Gasteiger partial charge in [-0.15, -0.1) is 0 Å². The SMILES string of the molecule is CCN(CC)c1nc(Cl)nc(NC2CCCC(SC)C2)n1. The summed E-state index contributed by atoms with van der Waals surface area (Å²) in [6.45, 7) is 5.87. The third kappa shape index (κ3) is 4.61. The Morgan fingerprint density at radius 1 is 1.24 bits per heavy atom. The van der Waals surface area contributed by atoms with Crippen LogP contribution in [0.5, 0.6) is 0 Å². The van der Waals surface area contributed by atoms with Gasteiger partial charge in [0, 0.05) is 24.4 Å². The predicted octanol–water partition coefficient (Wildman–Crippen LogP) is 3.46. The van der Waals surface area contributed by atoms with Crippen molar-refractivity contribution in [2.75, 3.05) is 29.6 Å². The zero-order chi connectivity index (χ0) is 15.2. The Balaban J connectivity index is 2.09. The number of anilines is 2. The maximum Gasteiger partial charge on any atom is 0.231 e. The summed E-state index contributed by atoms with van der Waals surface area (Å²) in [7, 11) is 0. The Morgan fingerprint density at radius 3 is 2.67 bits per heavy atom. The molecule has 1 heterocycles. The highest BCUT2D eigenvalue weighted by Gasteiger charge is 2.22. The van der Waals surface area contributed by atoms with Crippen LogP contribution in [-0.2, 0) is 0 Å². The van der Waals surface area contributed by atoms with E-state index in [1.54, 1.807) is 0 Å². The monoisotopic (exact) mass is 329 g/mol. The molecule has 1 aliphatic rings. The van der Waals surface area contributed by atoms with E-state index in [9.17, 15) is 0 Å². The normalized spacial score (nSPS) is 22.1. The highest BCUT2D eigenvalue weighted by Crippen LogP contribution is 2.28. The molecular formula is C14H24ClN5S. The van der Waals surface area contributed by atoms with Crippen LogP contribution in [0.3, 0.4) is 0 Å². The predicted molar refractivity (Wildman–Crippen MR) is 91.6 cm³/mol. The number of nitrogens with zero attached hydrogens (tertiary/aromatic N) is 4. The zero-order valence-corrected chi connectivity index (χ0v) is 14.5. The smallest absolute Gasteiger partial charge is 0.231 e. The van der Waals surface area contributed by atoms with Crippen LogP contribution in [0, 0.1) is 0 Å². The van der Waals surface area contributed by atoms with Crippen molar-refractivity contribution in [3.05, 3.63) is 5.28 Å². The molecule has 5 nitrogen and oxygen atoms in total. The summed E-state index contributed by atoms with van der Waals surface area (Å²) >= 11 is 8.00. The van der Waals surface area contributed by atoms with Gasteiger partial charge in [-0.1, -0.05) is 6.42 Å². The highest BCUT2D eigenvalue weighted by molar-refractivity contribution is 7.99. The molecule has 0 spiro atoms. The van der Waals surface area contributed by atoms with Gasteiger partial charge in [-0.05, 0) is 51.0 Å². The lowest BCUT2D eigenvalue weighted by Gasteiger charge is -2.29. The van der Waals surface area contributed by atoms with Crippen LogP contribution in [0.4, 0.5) is 11.9 Å². The van der Waals surface area contributed by atoms with E-state index in [0.29, 0.717) is 17.9 Å². The summed E-state index contributed by atoms with van der Waals surface area (Å²) in [5.41, 5.74) is 0. The Labute approximate surface area is 136 Å². The first-order chi connectivity index (χ1) is 10.2. The van der Waals surface area contributed by atoms with Gasteiger partial charge in [0.2, 0.25) is 17.2 Å². The van der Waals surface area contributed by atoms with Gasteiger partial charge >= 0.3 is 0 Å². The van der Waals surface area contributed by atoms with E-state index in [1.165, 1.54) is 19.3 Å². The van der Waals surface area contributed by atoms with E-state index in [4.69, 9.17) is 11.6 Å². The van der Waals surface area contributed by atoms with Crippen LogP contribution in [0.15, 0.2) is 0 Å². The van der Waals surface area contributed by atoms with Gasteiger partial charge in [0.1, 0.15) is 0 Å². The highest BCUT2D eigenvalue weighted by atomic mass is 35.5. The van der Waals surface area contributed by atoms with E-state index < -0.39 is 0 Å². The molecule has 0 aromatic carbocycles. The molecular weight excluding hydrogens is 306 g/mol. The number of aromatic nitrogens is 3. The fourth-order valence-corrected chi connectivity index (χ4v) is 3.71. The fourth-order valence-electron chi connectivity index (χ4n) is 2.72. The minimum Gasteiger partial charge on any atom is -0.351 e. The van der Waals surface area contributed by atoms with E-state index in [1.807, 2.05) is 11.8 Å². The van der Waals surface area contributed by atoms with Crippen molar-refractivity contribution >= 4 is 35.3 Å². The van der Waals surface area contributed by atoms with E-state index >= 15 is 0 Å². The molecule has 1 aliphatic carbocycles. The summed E-state index contributed by atoms with van der Waals surface area (Å²) in [4.78, 5) is 15.0. The van der Waals surface area contributed by atoms with E-state index in [0.717, 1.165) is 24.8 Å². The summed E-state index contributed by atoms with van der Waals surface area (Å²) < 4.78 is 0.